The van der Waals surface area contributed by atoms with Crippen molar-refractivity contribution in [2.24, 2.45) is 0 Å². The van der Waals surface area contributed by atoms with E-state index in [9.17, 15) is 0 Å². The van der Waals surface area contributed by atoms with E-state index in [0.717, 1.165) is 50.0 Å². The third-order valence-electron chi connectivity index (χ3n) is 5.00. The van der Waals surface area contributed by atoms with Gasteiger partial charge in [-0.25, -0.2) is 4.98 Å². The largest absolute Gasteiger partial charge is 0.472 e. The molecular weight excluding hydrogens is 364 g/mol. The first-order valence-corrected chi connectivity index (χ1v) is 9.13. The van der Waals surface area contributed by atoms with Crippen LogP contribution in [0.1, 0.15) is 0 Å². The molecule has 5 heterocycles. The van der Waals surface area contributed by atoms with Crippen LogP contribution in [0.4, 0.5) is 0 Å². The van der Waals surface area contributed by atoms with Gasteiger partial charge in [0.05, 0.1) is 23.6 Å². The highest BCUT2D eigenvalue weighted by atomic mass is 16.3. The fourth-order valence-electron chi connectivity index (χ4n) is 3.58. The van der Waals surface area contributed by atoms with Crippen LogP contribution in [0.15, 0.2) is 78.0 Å². The first-order chi connectivity index (χ1) is 14.4. The van der Waals surface area contributed by atoms with Crippen molar-refractivity contribution in [3.63, 3.8) is 0 Å². The van der Waals surface area contributed by atoms with Crippen LogP contribution in [0.2, 0.25) is 0 Å². The molecule has 0 aliphatic rings. The molecule has 1 aromatic carbocycles. The van der Waals surface area contributed by atoms with E-state index in [-0.39, 0.29) is 0 Å². The summed E-state index contributed by atoms with van der Waals surface area (Å²) in [5.41, 5.74) is 7.26. The summed E-state index contributed by atoms with van der Waals surface area (Å²) >= 11 is 0. The molecule has 0 atom stereocenters. The molecule has 0 aliphatic carbocycles. The Hall–Kier alpha value is -4.26. The van der Waals surface area contributed by atoms with Crippen molar-refractivity contribution in [3.8, 4) is 33.9 Å². The third-order valence-corrected chi connectivity index (χ3v) is 5.00. The maximum Gasteiger partial charge on any atom is 0.159 e. The van der Waals surface area contributed by atoms with E-state index in [1.54, 1.807) is 31.1 Å². The Kier molecular flexibility index (Phi) is 3.33. The number of furan rings is 1. The number of aromatic amines is 2. The average molecular weight is 378 g/mol. The van der Waals surface area contributed by atoms with Gasteiger partial charge >= 0.3 is 0 Å². The minimum absolute atomic E-state index is 0.691. The normalized spacial score (nSPS) is 11.4. The van der Waals surface area contributed by atoms with Crippen molar-refractivity contribution in [2.45, 2.75) is 0 Å². The molecular formula is C22H14N6O. The van der Waals surface area contributed by atoms with Crippen LogP contribution in [-0.2, 0) is 0 Å². The number of rotatable bonds is 3. The number of fused-ring (bicyclic) bond motifs is 2. The van der Waals surface area contributed by atoms with E-state index in [1.165, 1.54) is 0 Å². The predicted octanol–water partition coefficient (Wildman–Crippen LogP) is 4.82. The summed E-state index contributed by atoms with van der Waals surface area (Å²) in [6.45, 7) is 0. The number of nitrogens with one attached hydrogen (secondary N) is 2. The lowest BCUT2D eigenvalue weighted by Gasteiger charge is -2.01. The summed E-state index contributed by atoms with van der Waals surface area (Å²) in [6.07, 6.45) is 8.64. The van der Waals surface area contributed by atoms with Crippen molar-refractivity contribution >= 4 is 21.9 Å². The fourth-order valence-corrected chi connectivity index (χ4v) is 3.58. The number of nitrogens with zero attached hydrogens (tertiary/aromatic N) is 4. The second-order valence-corrected chi connectivity index (χ2v) is 6.72. The maximum atomic E-state index is 5.21. The van der Waals surface area contributed by atoms with Crippen molar-refractivity contribution in [1.29, 1.82) is 0 Å². The Morgan fingerprint density at radius 3 is 2.59 bits per heavy atom. The number of pyridine rings is 2. The van der Waals surface area contributed by atoms with E-state index in [1.807, 2.05) is 30.3 Å². The minimum Gasteiger partial charge on any atom is -0.472 e. The van der Waals surface area contributed by atoms with Crippen LogP contribution in [0.3, 0.4) is 0 Å². The minimum atomic E-state index is 0.691. The van der Waals surface area contributed by atoms with Gasteiger partial charge in [0.2, 0.25) is 0 Å². The van der Waals surface area contributed by atoms with Gasteiger partial charge < -0.3 is 9.40 Å². The molecule has 29 heavy (non-hydrogen) atoms. The summed E-state index contributed by atoms with van der Waals surface area (Å²) in [5, 5.41) is 8.61. The van der Waals surface area contributed by atoms with E-state index in [4.69, 9.17) is 9.40 Å². The summed E-state index contributed by atoms with van der Waals surface area (Å²) in [5.74, 6) is 0.691. The van der Waals surface area contributed by atoms with Crippen LogP contribution in [0, 0.1) is 0 Å². The highest BCUT2D eigenvalue weighted by Gasteiger charge is 2.16. The lowest BCUT2D eigenvalue weighted by molar-refractivity contribution is 0.568. The molecule has 0 aliphatic heterocycles. The number of hydrogen-bond donors (Lipinski definition) is 2. The molecule has 0 fully saturated rings. The van der Waals surface area contributed by atoms with Gasteiger partial charge in [0, 0.05) is 29.5 Å². The first kappa shape index (κ1) is 15.8. The van der Waals surface area contributed by atoms with Crippen LogP contribution >= 0.6 is 0 Å². The number of benzene rings is 1. The van der Waals surface area contributed by atoms with Crippen LogP contribution < -0.4 is 0 Å². The zero-order valence-electron chi connectivity index (χ0n) is 15.1. The second-order valence-electron chi connectivity index (χ2n) is 6.72. The SMILES string of the molecule is c1cc(-c2ccc3[nH]nc(-c4nc5c(-c6ccoc6)nccc5[nH]4)c3c2)ccn1. The smallest absolute Gasteiger partial charge is 0.159 e. The van der Waals surface area contributed by atoms with Gasteiger partial charge in [-0.05, 0) is 47.5 Å². The molecule has 0 saturated carbocycles. The molecule has 7 nitrogen and oxygen atoms in total. The highest BCUT2D eigenvalue weighted by molar-refractivity contribution is 5.97. The average Bonchev–Trinajstić information content (AvgIpc) is 3.52. The standard InChI is InChI=1S/C22H14N6O/c1-2-17-16(11-14(1)13-3-7-23-8-4-13)20(28-27-17)22-25-18-5-9-24-19(21(18)26-22)15-6-10-29-12-15/h1-12H,(H,25,26)(H,27,28). The number of aromatic nitrogens is 6. The second kappa shape index (κ2) is 6.13. The molecule has 0 unspecified atom stereocenters. The molecule has 7 heteroatoms. The third kappa shape index (κ3) is 2.52. The molecule has 0 spiro atoms. The van der Waals surface area contributed by atoms with Crippen LogP contribution in [0.5, 0.6) is 0 Å². The number of hydrogen-bond acceptors (Lipinski definition) is 5. The Balaban J connectivity index is 1.53. The van der Waals surface area contributed by atoms with Gasteiger partial charge in [0.15, 0.2) is 5.82 Å². The molecule has 0 radical (unpaired) electrons. The topological polar surface area (TPSA) is 96.3 Å². The van der Waals surface area contributed by atoms with E-state index >= 15 is 0 Å². The van der Waals surface area contributed by atoms with Gasteiger partial charge in [-0.2, -0.15) is 5.10 Å². The summed E-state index contributed by atoms with van der Waals surface area (Å²) < 4.78 is 5.21. The number of H-pyrrole nitrogens is 2. The summed E-state index contributed by atoms with van der Waals surface area (Å²) in [7, 11) is 0. The van der Waals surface area contributed by atoms with E-state index in [2.05, 4.69) is 37.3 Å². The Bertz CT molecular complexity index is 1450. The molecule has 5 aromatic heterocycles. The summed E-state index contributed by atoms with van der Waals surface area (Å²) in [6, 6.07) is 14.0. The molecule has 0 saturated heterocycles. The molecule has 0 amide bonds. The van der Waals surface area contributed by atoms with Crippen molar-refractivity contribution < 1.29 is 4.42 Å². The van der Waals surface area contributed by atoms with Gasteiger partial charge in [-0.15, -0.1) is 0 Å². The van der Waals surface area contributed by atoms with E-state index < -0.39 is 0 Å². The van der Waals surface area contributed by atoms with Crippen molar-refractivity contribution in [2.75, 3.05) is 0 Å². The molecule has 2 N–H and O–H groups in total. The Labute approximate surface area is 164 Å². The van der Waals surface area contributed by atoms with Gasteiger partial charge in [-0.1, -0.05) is 6.07 Å². The molecule has 6 aromatic rings. The Morgan fingerprint density at radius 1 is 0.793 bits per heavy atom. The van der Waals surface area contributed by atoms with Crippen LogP contribution in [0.25, 0.3) is 55.8 Å². The fraction of sp³-hybridized carbons (Fsp3) is 0. The predicted molar refractivity (Wildman–Crippen MR) is 110 cm³/mol. The molecule has 0 bridgehead atoms. The quantitative estimate of drug-likeness (QED) is 0.460. The lowest BCUT2D eigenvalue weighted by Crippen LogP contribution is -1.84. The first-order valence-electron chi connectivity index (χ1n) is 9.13. The Morgan fingerprint density at radius 2 is 1.72 bits per heavy atom. The zero-order valence-corrected chi connectivity index (χ0v) is 15.1. The highest BCUT2D eigenvalue weighted by Crippen LogP contribution is 2.32. The molecule has 138 valence electrons. The molecule has 6 rings (SSSR count). The maximum absolute atomic E-state index is 5.21. The van der Waals surface area contributed by atoms with Gasteiger partial charge in [-0.3, -0.25) is 15.1 Å². The van der Waals surface area contributed by atoms with E-state index in [0.29, 0.717) is 5.82 Å². The van der Waals surface area contributed by atoms with Gasteiger partial charge in [0.1, 0.15) is 16.9 Å². The van der Waals surface area contributed by atoms with Crippen LogP contribution in [-0.4, -0.2) is 30.1 Å². The zero-order chi connectivity index (χ0) is 19.2. The summed E-state index contributed by atoms with van der Waals surface area (Å²) in [4.78, 5) is 16.8. The lowest BCUT2D eigenvalue weighted by atomic mass is 10.0. The van der Waals surface area contributed by atoms with Crippen molar-refractivity contribution in [1.82, 2.24) is 30.1 Å². The number of imidazole rings is 1. The monoisotopic (exact) mass is 378 g/mol. The van der Waals surface area contributed by atoms with Gasteiger partial charge in [0.25, 0.3) is 0 Å². The van der Waals surface area contributed by atoms with Crippen molar-refractivity contribution in [3.05, 3.63) is 73.6 Å².